The summed E-state index contributed by atoms with van der Waals surface area (Å²) in [4.78, 5) is 2.09. The Morgan fingerprint density at radius 2 is 2.00 bits per heavy atom. The highest BCUT2D eigenvalue weighted by atomic mass is 35.5. The number of hydrogen-bond donors (Lipinski definition) is 1. The van der Waals surface area contributed by atoms with Crippen molar-refractivity contribution in [3.8, 4) is 0 Å². The summed E-state index contributed by atoms with van der Waals surface area (Å²) in [5.74, 6) is -0.205. The van der Waals surface area contributed by atoms with Crippen molar-refractivity contribution in [1.29, 1.82) is 0 Å². The first-order chi connectivity index (χ1) is 10.0. The van der Waals surface area contributed by atoms with Crippen molar-refractivity contribution in [2.45, 2.75) is 26.1 Å². The van der Waals surface area contributed by atoms with Crippen LogP contribution in [0.15, 0.2) is 42.5 Å². The highest BCUT2D eigenvalue weighted by molar-refractivity contribution is 6.30. The molecule has 0 aromatic heterocycles. The van der Waals surface area contributed by atoms with E-state index < -0.39 is 0 Å². The Hall–Kier alpha value is -1.42. The van der Waals surface area contributed by atoms with E-state index in [1.165, 1.54) is 6.07 Å². The maximum Gasteiger partial charge on any atom is 0.128 e. The Balaban J connectivity index is 2.12. The molecule has 2 aromatic carbocycles. The summed E-state index contributed by atoms with van der Waals surface area (Å²) in [6, 6.07) is 13.1. The largest absolute Gasteiger partial charge is 0.326 e. The molecule has 1 unspecified atom stereocenters. The van der Waals surface area contributed by atoms with Gasteiger partial charge in [-0.3, -0.25) is 4.90 Å². The fraction of sp³-hybridized carbons (Fsp3) is 0.294. The lowest BCUT2D eigenvalue weighted by molar-refractivity contribution is 0.249. The Morgan fingerprint density at radius 1 is 1.24 bits per heavy atom. The number of nitrogens with two attached hydrogens (primary N) is 1. The minimum atomic E-state index is -0.205. The second-order valence-electron chi connectivity index (χ2n) is 5.28. The first kappa shape index (κ1) is 16.0. The molecule has 0 spiro atoms. The topological polar surface area (TPSA) is 29.3 Å². The molecule has 0 aliphatic carbocycles. The van der Waals surface area contributed by atoms with E-state index in [0.717, 1.165) is 11.1 Å². The zero-order valence-electron chi connectivity index (χ0n) is 12.3. The molecule has 0 fully saturated rings. The van der Waals surface area contributed by atoms with E-state index in [2.05, 4.69) is 11.8 Å². The van der Waals surface area contributed by atoms with E-state index >= 15 is 0 Å². The van der Waals surface area contributed by atoms with Crippen molar-refractivity contribution in [1.82, 2.24) is 4.90 Å². The first-order valence-electron chi connectivity index (χ1n) is 6.94. The molecule has 21 heavy (non-hydrogen) atoms. The van der Waals surface area contributed by atoms with Crippen molar-refractivity contribution in [3.63, 3.8) is 0 Å². The highest BCUT2D eigenvalue weighted by Gasteiger charge is 2.14. The van der Waals surface area contributed by atoms with E-state index in [-0.39, 0.29) is 11.9 Å². The Morgan fingerprint density at radius 3 is 2.62 bits per heavy atom. The Kier molecular flexibility index (Phi) is 5.34. The van der Waals surface area contributed by atoms with E-state index in [9.17, 15) is 4.39 Å². The molecule has 1 atom stereocenters. The zero-order valence-corrected chi connectivity index (χ0v) is 13.1. The molecule has 2 nitrogen and oxygen atoms in total. The lowest BCUT2D eigenvalue weighted by Gasteiger charge is -2.25. The van der Waals surface area contributed by atoms with Gasteiger partial charge >= 0.3 is 0 Å². The maximum atomic E-state index is 14.0. The summed E-state index contributed by atoms with van der Waals surface area (Å²) in [6.45, 7) is 2.97. The minimum Gasteiger partial charge on any atom is -0.326 e. The lowest BCUT2D eigenvalue weighted by atomic mass is 10.1. The Bertz CT molecular complexity index is 615. The molecule has 0 amide bonds. The van der Waals surface area contributed by atoms with Crippen LogP contribution in [-0.4, -0.2) is 11.9 Å². The van der Waals surface area contributed by atoms with Gasteiger partial charge in [0, 0.05) is 29.7 Å². The summed E-state index contributed by atoms with van der Waals surface area (Å²) in [5.41, 5.74) is 8.11. The quantitative estimate of drug-likeness (QED) is 0.900. The fourth-order valence-electron chi connectivity index (χ4n) is 2.27. The molecule has 2 N–H and O–H groups in total. The van der Waals surface area contributed by atoms with E-state index in [0.29, 0.717) is 23.7 Å². The minimum absolute atomic E-state index is 0.150. The third-order valence-corrected chi connectivity index (χ3v) is 4.00. The molecular formula is C17H20ClFN2. The highest BCUT2D eigenvalue weighted by Crippen LogP contribution is 2.24. The van der Waals surface area contributed by atoms with Crippen LogP contribution in [0.5, 0.6) is 0 Å². The second kappa shape index (κ2) is 7.03. The second-order valence-corrected chi connectivity index (χ2v) is 5.71. The summed E-state index contributed by atoms with van der Waals surface area (Å²) in [7, 11) is 1.97. The third-order valence-electron chi connectivity index (χ3n) is 3.77. The average molecular weight is 307 g/mol. The van der Waals surface area contributed by atoms with Crippen LogP contribution in [-0.2, 0) is 13.1 Å². The summed E-state index contributed by atoms with van der Waals surface area (Å²) < 4.78 is 14.0. The molecule has 0 heterocycles. The van der Waals surface area contributed by atoms with Crippen LogP contribution in [0.2, 0.25) is 5.02 Å². The van der Waals surface area contributed by atoms with Crippen molar-refractivity contribution in [3.05, 3.63) is 70.0 Å². The molecule has 0 saturated carbocycles. The van der Waals surface area contributed by atoms with Crippen LogP contribution < -0.4 is 5.73 Å². The van der Waals surface area contributed by atoms with Crippen LogP contribution in [0.3, 0.4) is 0 Å². The van der Waals surface area contributed by atoms with Gasteiger partial charge in [0.2, 0.25) is 0 Å². The van der Waals surface area contributed by atoms with Gasteiger partial charge in [-0.1, -0.05) is 35.9 Å². The van der Waals surface area contributed by atoms with Crippen LogP contribution in [0.25, 0.3) is 0 Å². The lowest BCUT2D eigenvalue weighted by Crippen LogP contribution is -2.22. The molecular weight excluding hydrogens is 287 g/mol. The molecule has 112 valence electrons. The van der Waals surface area contributed by atoms with Crippen LogP contribution in [0, 0.1) is 5.82 Å². The van der Waals surface area contributed by atoms with Gasteiger partial charge in [0.25, 0.3) is 0 Å². The predicted octanol–water partition coefficient (Wildman–Crippen LogP) is 4.13. The van der Waals surface area contributed by atoms with Crippen molar-refractivity contribution >= 4 is 11.6 Å². The van der Waals surface area contributed by atoms with E-state index in [1.807, 2.05) is 37.4 Å². The predicted molar refractivity (Wildman–Crippen MR) is 85.6 cm³/mol. The van der Waals surface area contributed by atoms with Gasteiger partial charge in [0.05, 0.1) is 0 Å². The SMILES string of the molecule is CC(c1cccc(Cl)c1)N(C)Cc1ccc(CN)cc1F. The molecule has 2 aromatic rings. The van der Waals surface area contributed by atoms with Gasteiger partial charge in [-0.2, -0.15) is 0 Å². The van der Waals surface area contributed by atoms with Gasteiger partial charge in [0.15, 0.2) is 0 Å². The normalized spacial score (nSPS) is 12.7. The van der Waals surface area contributed by atoms with Crippen LogP contribution in [0.1, 0.15) is 29.7 Å². The smallest absolute Gasteiger partial charge is 0.128 e. The molecule has 0 aliphatic heterocycles. The number of nitrogens with zero attached hydrogens (tertiary/aromatic N) is 1. The van der Waals surface area contributed by atoms with Gasteiger partial charge in [0.1, 0.15) is 5.82 Å². The van der Waals surface area contributed by atoms with Gasteiger partial charge in [-0.05, 0) is 43.3 Å². The Labute approximate surface area is 130 Å². The van der Waals surface area contributed by atoms with E-state index in [1.54, 1.807) is 6.07 Å². The molecule has 0 saturated heterocycles. The van der Waals surface area contributed by atoms with Gasteiger partial charge in [-0.25, -0.2) is 4.39 Å². The summed E-state index contributed by atoms with van der Waals surface area (Å²) in [6.07, 6.45) is 0. The third kappa shape index (κ3) is 4.03. The standard InChI is InChI=1S/C17H20ClFN2/c1-12(14-4-3-5-16(18)9-14)21(2)11-15-7-6-13(10-20)8-17(15)19/h3-9,12H,10-11,20H2,1-2H3. The van der Waals surface area contributed by atoms with E-state index in [4.69, 9.17) is 17.3 Å². The first-order valence-corrected chi connectivity index (χ1v) is 7.32. The molecule has 4 heteroatoms. The van der Waals surface area contributed by atoms with Gasteiger partial charge in [-0.15, -0.1) is 0 Å². The van der Waals surface area contributed by atoms with Crippen LogP contribution >= 0.6 is 11.6 Å². The molecule has 0 radical (unpaired) electrons. The van der Waals surface area contributed by atoms with Crippen molar-refractivity contribution < 1.29 is 4.39 Å². The van der Waals surface area contributed by atoms with Gasteiger partial charge < -0.3 is 5.73 Å². The molecule has 2 rings (SSSR count). The number of halogens is 2. The van der Waals surface area contributed by atoms with Crippen molar-refractivity contribution in [2.75, 3.05) is 7.05 Å². The number of hydrogen-bond acceptors (Lipinski definition) is 2. The fourth-order valence-corrected chi connectivity index (χ4v) is 2.47. The van der Waals surface area contributed by atoms with Crippen molar-refractivity contribution in [2.24, 2.45) is 5.73 Å². The monoisotopic (exact) mass is 306 g/mol. The number of benzene rings is 2. The number of rotatable bonds is 5. The van der Waals surface area contributed by atoms with Crippen LogP contribution in [0.4, 0.5) is 4.39 Å². The summed E-state index contributed by atoms with van der Waals surface area (Å²) in [5, 5.41) is 0.714. The summed E-state index contributed by atoms with van der Waals surface area (Å²) >= 11 is 6.02. The average Bonchev–Trinajstić information content (AvgIpc) is 2.48. The molecule has 0 bridgehead atoms. The maximum absolute atomic E-state index is 14.0. The zero-order chi connectivity index (χ0) is 15.4. The molecule has 0 aliphatic rings.